The summed E-state index contributed by atoms with van der Waals surface area (Å²) in [6.07, 6.45) is 2.97. The molecular weight excluding hydrogens is 194 g/mol. The lowest BCUT2D eigenvalue weighted by atomic mass is 9.86. The van der Waals surface area contributed by atoms with Gasteiger partial charge in [-0.25, -0.2) is 0 Å². The van der Waals surface area contributed by atoms with Crippen molar-refractivity contribution in [3.63, 3.8) is 0 Å². The van der Waals surface area contributed by atoms with E-state index in [0.717, 1.165) is 25.2 Å². The Morgan fingerprint density at radius 3 is 3.40 bits per heavy atom. The van der Waals surface area contributed by atoms with Gasteiger partial charge in [-0.2, -0.15) is 5.10 Å². The molecule has 2 fully saturated rings. The first kappa shape index (κ1) is 9.33. The third-order valence-electron chi connectivity index (χ3n) is 3.26. The summed E-state index contributed by atoms with van der Waals surface area (Å²) in [4.78, 5) is 0. The second kappa shape index (κ2) is 3.30. The van der Waals surface area contributed by atoms with E-state index in [-0.39, 0.29) is 11.7 Å². The van der Waals surface area contributed by atoms with Gasteiger partial charge in [0, 0.05) is 19.8 Å². The Morgan fingerprint density at radius 2 is 2.60 bits per heavy atom. The maximum absolute atomic E-state index is 5.81. The van der Waals surface area contributed by atoms with Crippen molar-refractivity contribution in [3.8, 4) is 0 Å². The van der Waals surface area contributed by atoms with Gasteiger partial charge in [0.2, 0.25) is 0 Å². The first-order chi connectivity index (χ1) is 7.31. The number of nitrogens with one attached hydrogen (secondary N) is 1. The molecule has 3 rings (SSSR count). The van der Waals surface area contributed by atoms with Crippen LogP contribution >= 0.6 is 0 Å². The molecule has 0 aromatic carbocycles. The molecule has 0 radical (unpaired) electrons. The third kappa shape index (κ3) is 1.31. The molecule has 2 aliphatic rings. The number of nitrogens with zero attached hydrogens (tertiary/aromatic N) is 2. The highest BCUT2D eigenvalue weighted by Crippen LogP contribution is 2.39. The predicted molar refractivity (Wildman–Crippen MR) is 53.2 cm³/mol. The van der Waals surface area contributed by atoms with Crippen LogP contribution in [0.15, 0.2) is 12.3 Å². The molecule has 1 aromatic rings. The van der Waals surface area contributed by atoms with Crippen LogP contribution in [0.3, 0.4) is 0 Å². The fourth-order valence-electron chi connectivity index (χ4n) is 2.42. The van der Waals surface area contributed by atoms with Crippen molar-refractivity contribution < 1.29 is 9.47 Å². The van der Waals surface area contributed by atoms with E-state index in [1.165, 1.54) is 0 Å². The zero-order valence-electron chi connectivity index (χ0n) is 8.77. The van der Waals surface area contributed by atoms with Crippen LogP contribution in [0.25, 0.3) is 0 Å². The highest BCUT2D eigenvalue weighted by Gasteiger charge is 2.50. The largest absolute Gasteiger partial charge is 0.347 e. The Kier molecular flexibility index (Phi) is 2.05. The summed E-state index contributed by atoms with van der Waals surface area (Å²) >= 11 is 0. The molecule has 2 atom stereocenters. The number of piperidine rings is 1. The average Bonchev–Trinajstić information content (AvgIpc) is 2.83. The summed E-state index contributed by atoms with van der Waals surface area (Å²) in [5.41, 5.74) is 0.681. The smallest absolute Gasteiger partial charge is 0.148 e. The normalized spacial score (nSPS) is 35.4. The monoisotopic (exact) mass is 209 g/mol. The van der Waals surface area contributed by atoms with E-state index in [4.69, 9.17) is 9.47 Å². The van der Waals surface area contributed by atoms with E-state index < -0.39 is 0 Å². The number of fused-ring (bicyclic) bond motifs is 1. The van der Waals surface area contributed by atoms with Crippen molar-refractivity contribution in [3.05, 3.63) is 18.0 Å². The molecule has 0 saturated carbocycles. The molecule has 15 heavy (non-hydrogen) atoms. The van der Waals surface area contributed by atoms with Crippen molar-refractivity contribution in [1.29, 1.82) is 0 Å². The van der Waals surface area contributed by atoms with E-state index in [9.17, 15) is 0 Å². The van der Waals surface area contributed by atoms with Crippen molar-refractivity contribution in [2.45, 2.75) is 18.1 Å². The molecule has 3 heterocycles. The summed E-state index contributed by atoms with van der Waals surface area (Å²) < 4.78 is 13.2. The Balaban J connectivity index is 1.99. The Labute approximate surface area is 88.4 Å². The lowest BCUT2D eigenvalue weighted by molar-refractivity contribution is -0.0302. The van der Waals surface area contributed by atoms with Crippen LogP contribution in [0, 0.1) is 0 Å². The summed E-state index contributed by atoms with van der Waals surface area (Å²) in [6, 6.07) is 2.02. The van der Waals surface area contributed by atoms with Gasteiger partial charge >= 0.3 is 0 Å². The van der Waals surface area contributed by atoms with Gasteiger partial charge in [0.05, 0.1) is 5.69 Å². The fraction of sp³-hybridized carbons (Fsp3) is 0.700. The minimum Gasteiger partial charge on any atom is -0.347 e. The molecule has 2 aliphatic heterocycles. The number of aryl methyl sites for hydroxylation is 1. The van der Waals surface area contributed by atoms with Crippen LogP contribution < -0.4 is 5.32 Å². The fourth-order valence-corrected chi connectivity index (χ4v) is 2.42. The molecule has 5 heteroatoms. The third-order valence-corrected chi connectivity index (χ3v) is 3.26. The summed E-state index contributed by atoms with van der Waals surface area (Å²) in [5.74, 6) is 0. The summed E-state index contributed by atoms with van der Waals surface area (Å²) in [6.45, 7) is 2.18. The summed E-state index contributed by atoms with van der Waals surface area (Å²) in [7, 11) is 1.92. The molecule has 0 amide bonds. The molecule has 82 valence electrons. The molecule has 1 aromatic heterocycles. The number of hydrogen-bond acceptors (Lipinski definition) is 4. The van der Waals surface area contributed by atoms with Gasteiger partial charge in [0.15, 0.2) is 0 Å². The molecule has 0 unspecified atom stereocenters. The van der Waals surface area contributed by atoms with Gasteiger partial charge in [0.1, 0.15) is 18.5 Å². The second-order valence-electron chi connectivity index (χ2n) is 4.14. The molecule has 1 N–H and O–H groups in total. The lowest BCUT2D eigenvalue weighted by Crippen LogP contribution is -2.50. The van der Waals surface area contributed by atoms with Gasteiger partial charge in [-0.15, -0.1) is 0 Å². The molecule has 0 bridgehead atoms. The number of aromatic nitrogens is 2. The summed E-state index contributed by atoms with van der Waals surface area (Å²) in [5, 5.41) is 7.77. The van der Waals surface area contributed by atoms with E-state index in [0.29, 0.717) is 6.79 Å². The predicted octanol–water partition coefficient (Wildman–Crippen LogP) is -0.0184. The highest BCUT2D eigenvalue weighted by molar-refractivity contribution is 5.17. The van der Waals surface area contributed by atoms with Crippen LogP contribution in [-0.2, 0) is 22.1 Å². The van der Waals surface area contributed by atoms with Crippen LogP contribution in [0.2, 0.25) is 0 Å². The number of rotatable bonds is 1. The van der Waals surface area contributed by atoms with Crippen LogP contribution in [0.1, 0.15) is 12.1 Å². The van der Waals surface area contributed by atoms with Gasteiger partial charge in [-0.3, -0.25) is 4.68 Å². The van der Waals surface area contributed by atoms with Crippen LogP contribution in [0.4, 0.5) is 0 Å². The van der Waals surface area contributed by atoms with E-state index in [2.05, 4.69) is 10.4 Å². The van der Waals surface area contributed by atoms with Gasteiger partial charge < -0.3 is 14.8 Å². The standard InChI is InChI=1S/C10H15N3O2/c1-13-5-2-8(12-13)10-3-4-11-6-9(10)14-7-15-10/h2,5,9,11H,3-4,6-7H2,1H3/t9-,10-/m0/s1. The lowest BCUT2D eigenvalue weighted by Gasteiger charge is -2.35. The first-order valence-corrected chi connectivity index (χ1v) is 5.28. The van der Waals surface area contributed by atoms with Crippen LogP contribution in [-0.4, -0.2) is 35.8 Å². The van der Waals surface area contributed by atoms with Crippen molar-refractivity contribution >= 4 is 0 Å². The average molecular weight is 209 g/mol. The van der Waals surface area contributed by atoms with Crippen molar-refractivity contribution in [2.24, 2.45) is 7.05 Å². The van der Waals surface area contributed by atoms with E-state index in [1.54, 1.807) is 0 Å². The number of hydrogen-bond donors (Lipinski definition) is 1. The van der Waals surface area contributed by atoms with Gasteiger partial charge in [-0.05, 0) is 19.0 Å². The SMILES string of the molecule is Cn1ccc([C@@]23CCNC[C@@H]2OCO3)n1. The quantitative estimate of drug-likeness (QED) is 0.706. The zero-order valence-corrected chi connectivity index (χ0v) is 8.77. The highest BCUT2D eigenvalue weighted by atomic mass is 16.7. The first-order valence-electron chi connectivity index (χ1n) is 5.28. The Hall–Kier alpha value is -0.910. The zero-order chi connectivity index (χ0) is 10.3. The second-order valence-corrected chi connectivity index (χ2v) is 4.14. The Morgan fingerprint density at radius 1 is 1.67 bits per heavy atom. The van der Waals surface area contributed by atoms with Crippen molar-refractivity contribution in [2.75, 3.05) is 19.9 Å². The molecular formula is C10H15N3O2. The topological polar surface area (TPSA) is 48.3 Å². The Bertz CT molecular complexity index is 365. The minimum absolute atomic E-state index is 0.0983. The molecule has 5 nitrogen and oxygen atoms in total. The van der Waals surface area contributed by atoms with Crippen LogP contribution in [0.5, 0.6) is 0 Å². The van der Waals surface area contributed by atoms with E-state index >= 15 is 0 Å². The van der Waals surface area contributed by atoms with E-state index in [1.807, 2.05) is 24.0 Å². The van der Waals surface area contributed by atoms with Crippen molar-refractivity contribution in [1.82, 2.24) is 15.1 Å². The maximum atomic E-state index is 5.81. The minimum atomic E-state index is -0.313. The number of ether oxygens (including phenoxy) is 2. The van der Waals surface area contributed by atoms with Gasteiger partial charge in [0.25, 0.3) is 0 Å². The molecule has 2 saturated heterocycles. The molecule has 0 aliphatic carbocycles. The maximum Gasteiger partial charge on any atom is 0.148 e. The molecule has 0 spiro atoms. The van der Waals surface area contributed by atoms with Gasteiger partial charge in [-0.1, -0.05) is 0 Å².